The first-order chi connectivity index (χ1) is 8.42. The van der Waals surface area contributed by atoms with E-state index in [0.717, 1.165) is 19.3 Å². The number of fused-ring (bicyclic) bond motifs is 2. The molecule has 2 bridgehead atoms. The third-order valence-electron chi connectivity index (χ3n) is 4.63. The highest BCUT2D eigenvalue weighted by Crippen LogP contribution is 2.59. The average molecular weight is 250 g/mol. The quantitative estimate of drug-likeness (QED) is 0.549. The minimum atomic E-state index is -0.0829. The second-order valence-corrected chi connectivity index (χ2v) is 6.38. The molecule has 0 amide bonds. The van der Waals surface area contributed by atoms with Gasteiger partial charge in [0, 0.05) is 11.0 Å². The van der Waals surface area contributed by atoms with Gasteiger partial charge in [0.1, 0.15) is 0 Å². The molecule has 2 fully saturated rings. The summed E-state index contributed by atoms with van der Waals surface area (Å²) in [6.45, 7) is 8.87. The van der Waals surface area contributed by atoms with E-state index in [9.17, 15) is 0 Å². The van der Waals surface area contributed by atoms with Gasteiger partial charge < -0.3 is 9.47 Å². The van der Waals surface area contributed by atoms with Crippen LogP contribution in [0.4, 0.5) is 0 Å². The van der Waals surface area contributed by atoms with Crippen LogP contribution in [0.2, 0.25) is 0 Å². The molecular formula is C16H26O2. The maximum Gasteiger partial charge on any atom is 0.0907 e. The van der Waals surface area contributed by atoms with Crippen molar-refractivity contribution < 1.29 is 9.47 Å². The van der Waals surface area contributed by atoms with Gasteiger partial charge in [0.2, 0.25) is 0 Å². The zero-order valence-electron chi connectivity index (χ0n) is 12.4. The molecule has 3 atom stereocenters. The second-order valence-electron chi connectivity index (χ2n) is 6.38. The van der Waals surface area contributed by atoms with E-state index in [-0.39, 0.29) is 11.0 Å². The Morgan fingerprint density at radius 2 is 2.17 bits per heavy atom. The van der Waals surface area contributed by atoms with E-state index >= 15 is 0 Å². The van der Waals surface area contributed by atoms with Gasteiger partial charge in [0.05, 0.1) is 25.1 Å². The fraction of sp³-hybridized carbons (Fsp3) is 0.750. The van der Waals surface area contributed by atoms with Crippen LogP contribution in [-0.4, -0.2) is 18.8 Å². The van der Waals surface area contributed by atoms with Crippen LogP contribution in [0.15, 0.2) is 23.5 Å². The van der Waals surface area contributed by atoms with Crippen molar-refractivity contribution in [2.45, 2.75) is 65.1 Å². The lowest BCUT2D eigenvalue weighted by Gasteiger charge is -2.35. The van der Waals surface area contributed by atoms with Crippen LogP contribution in [0.25, 0.3) is 0 Å². The minimum Gasteiger partial charge on any atom is -0.504 e. The monoisotopic (exact) mass is 250 g/mol. The van der Waals surface area contributed by atoms with Crippen LogP contribution in [0, 0.1) is 5.41 Å². The van der Waals surface area contributed by atoms with E-state index < -0.39 is 0 Å². The van der Waals surface area contributed by atoms with E-state index in [2.05, 4.69) is 33.8 Å². The van der Waals surface area contributed by atoms with Crippen molar-refractivity contribution in [3.05, 3.63) is 23.5 Å². The van der Waals surface area contributed by atoms with Crippen LogP contribution in [0.1, 0.15) is 53.4 Å². The molecule has 0 N–H and O–H groups in total. The third-order valence-corrected chi connectivity index (χ3v) is 4.63. The average Bonchev–Trinajstić information content (AvgIpc) is 2.76. The number of methoxy groups -OCH3 is 1. The summed E-state index contributed by atoms with van der Waals surface area (Å²) in [7, 11) is 1.73. The van der Waals surface area contributed by atoms with Crippen LogP contribution < -0.4 is 0 Å². The van der Waals surface area contributed by atoms with Crippen LogP contribution in [0.5, 0.6) is 0 Å². The topological polar surface area (TPSA) is 18.5 Å². The first-order valence-corrected chi connectivity index (χ1v) is 6.97. The van der Waals surface area contributed by atoms with Gasteiger partial charge in [0.15, 0.2) is 0 Å². The molecule has 2 nitrogen and oxygen atoms in total. The molecule has 2 heterocycles. The summed E-state index contributed by atoms with van der Waals surface area (Å²) >= 11 is 0. The lowest BCUT2D eigenvalue weighted by Crippen LogP contribution is -2.34. The van der Waals surface area contributed by atoms with Crippen LogP contribution in [0.3, 0.4) is 0 Å². The van der Waals surface area contributed by atoms with E-state index in [1.54, 1.807) is 7.11 Å². The van der Waals surface area contributed by atoms with Crippen molar-refractivity contribution in [3.8, 4) is 0 Å². The molecule has 2 saturated heterocycles. The van der Waals surface area contributed by atoms with Gasteiger partial charge in [0.25, 0.3) is 0 Å². The molecule has 0 aromatic rings. The summed E-state index contributed by atoms with van der Waals surface area (Å²) in [5.41, 5.74) is 2.82. The summed E-state index contributed by atoms with van der Waals surface area (Å²) < 4.78 is 11.5. The molecule has 0 saturated carbocycles. The number of hydrogen-bond acceptors (Lipinski definition) is 2. The fourth-order valence-electron chi connectivity index (χ4n) is 3.60. The van der Waals surface area contributed by atoms with Crippen LogP contribution >= 0.6 is 0 Å². The Morgan fingerprint density at radius 1 is 1.44 bits per heavy atom. The van der Waals surface area contributed by atoms with E-state index in [1.165, 1.54) is 17.6 Å². The standard InChI is InChI=1S/C16H26O2/c1-12(2)7-6-9-15(3)13(11-17-5)16(4)10-8-14(15)18-16/h7,11,14H,6,8-10H2,1-5H3/b13-11-/t14-,15-,16+/m1/s1. The zero-order valence-corrected chi connectivity index (χ0v) is 12.4. The van der Waals surface area contributed by atoms with Gasteiger partial charge in [-0.3, -0.25) is 0 Å². The smallest absolute Gasteiger partial charge is 0.0907 e. The molecular weight excluding hydrogens is 224 g/mol. The van der Waals surface area contributed by atoms with Gasteiger partial charge >= 0.3 is 0 Å². The predicted molar refractivity (Wildman–Crippen MR) is 74.4 cm³/mol. The van der Waals surface area contributed by atoms with Gasteiger partial charge in [-0.25, -0.2) is 0 Å². The molecule has 0 unspecified atom stereocenters. The Bertz CT molecular complexity index is 379. The summed E-state index contributed by atoms with van der Waals surface area (Å²) in [5, 5.41) is 0. The van der Waals surface area contributed by atoms with Crippen molar-refractivity contribution in [1.29, 1.82) is 0 Å². The number of hydrogen-bond donors (Lipinski definition) is 0. The zero-order chi connectivity index (χ0) is 13.4. The molecule has 18 heavy (non-hydrogen) atoms. The molecule has 0 aliphatic carbocycles. The first-order valence-electron chi connectivity index (χ1n) is 6.97. The highest BCUT2D eigenvalue weighted by atomic mass is 16.5. The van der Waals surface area contributed by atoms with Crippen molar-refractivity contribution >= 4 is 0 Å². The van der Waals surface area contributed by atoms with Crippen molar-refractivity contribution in [2.75, 3.05) is 7.11 Å². The summed E-state index contributed by atoms with van der Waals surface area (Å²) in [6.07, 6.45) is 9.21. The Labute approximate surface area is 111 Å². The molecule has 2 aliphatic heterocycles. The Hall–Kier alpha value is -0.760. The fourth-order valence-corrected chi connectivity index (χ4v) is 3.60. The van der Waals surface area contributed by atoms with E-state index in [1.807, 2.05) is 6.26 Å². The molecule has 2 heteroatoms. The lowest BCUT2D eigenvalue weighted by molar-refractivity contribution is 0.0185. The van der Waals surface area contributed by atoms with Gasteiger partial charge in [-0.05, 0) is 46.5 Å². The molecule has 2 aliphatic rings. The second kappa shape index (κ2) is 4.73. The Kier molecular flexibility index (Phi) is 3.59. The lowest BCUT2D eigenvalue weighted by atomic mass is 9.65. The highest BCUT2D eigenvalue weighted by Gasteiger charge is 2.59. The van der Waals surface area contributed by atoms with Crippen molar-refractivity contribution in [3.63, 3.8) is 0 Å². The first kappa shape index (κ1) is 13.7. The summed E-state index contributed by atoms with van der Waals surface area (Å²) in [5.74, 6) is 0. The van der Waals surface area contributed by atoms with Crippen molar-refractivity contribution in [1.82, 2.24) is 0 Å². The molecule has 0 aromatic carbocycles. The largest absolute Gasteiger partial charge is 0.504 e. The van der Waals surface area contributed by atoms with Crippen LogP contribution in [-0.2, 0) is 9.47 Å². The van der Waals surface area contributed by atoms with Crippen molar-refractivity contribution in [2.24, 2.45) is 5.41 Å². The predicted octanol–water partition coefficient (Wildman–Crippen LogP) is 4.22. The maximum absolute atomic E-state index is 6.23. The van der Waals surface area contributed by atoms with Gasteiger partial charge in [-0.1, -0.05) is 18.6 Å². The molecule has 0 radical (unpaired) electrons. The Balaban J connectivity index is 2.20. The van der Waals surface area contributed by atoms with E-state index in [0.29, 0.717) is 6.10 Å². The third kappa shape index (κ3) is 2.11. The minimum absolute atomic E-state index is 0.0829. The SMILES string of the molecule is CO/C=C1\[C@]2(C)CC[C@@H](O2)[C@]1(C)CCC=C(C)C. The molecule has 0 aromatic heterocycles. The van der Waals surface area contributed by atoms with E-state index in [4.69, 9.17) is 9.47 Å². The number of rotatable bonds is 4. The normalized spacial score (nSPS) is 40.3. The van der Waals surface area contributed by atoms with Gasteiger partial charge in [-0.2, -0.15) is 0 Å². The number of allylic oxidation sites excluding steroid dienone is 2. The van der Waals surface area contributed by atoms with Gasteiger partial charge in [-0.15, -0.1) is 0 Å². The summed E-state index contributed by atoms with van der Waals surface area (Å²) in [4.78, 5) is 0. The summed E-state index contributed by atoms with van der Waals surface area (Å²) in [6, 6.07) is 0. The highest BCUT2D eigenvalue weighted by molar-refractivity contribution is 5.32. The maximum atomic E-state index is 6.23. The molecule has 102 valence electrons. The number of ether oxygens (including phenoxy) is 2. The molecule has 0 spiro atoms. The molecule has 2 rings (SSSR count). The Morgan fingerprint density at radius 3 is 2.78 bits per heavy atom.